The number of benzene rings is 1. The molecule has 1 N–H and O–H groups in total. The van der Waals surface area contributed by atoms with Gasteiger partial charge < -0.3 is 14.8 Å². The van der Waals surface area contributed by atoms with Gasteiger partial charge in [-0.3, -0.25) is 9.59 Å². The molecule has 0 saturated heterocycles. The van der Waals surface area contributed by atoms with Gasteiger partial charge in [-0.05, 0) is 56.2 Å². The second kappa shape index (κ2) is 11.2. The first kappa shape index (κ1) is 25.9. The van der Waals surface area contributed by atoms with Crippen LogP contribution in [0.2, 0.25) is 0 Å². The maximum Gasteiger partial charge on any atom is 0.336 e. The van der Waals surface area contributed by atoms with E-state index in [1.165, 1.54) is 11.3 Å². The van der Waals surface area contributed by atoms with Gasteiger partial charge >= 0.3 is 11.9 Å². The first-order valence-corrected chi connectivity index (χ1v) is 13.5. The summed E-state index contributed by atoms with van der Waals surface area (Å²) in [5.74, 6) is -3.15. The van der Waals surface area contributed by atoms with Gasteiger partial charge in [0, 0.05) is 33.7 Å². The number of dihydropyridines is 1. The van der Waals surface area contributed by atoms with Crippen molar-refractivity contribution in [2.75, 3.05) is 13.2 Å². The highest BCUT2D eigenvalue weighted by Crippen LogP contribution is 2.49. The minimum absolute atomic E-state index is 0.194. The molecule has 2 aromatic rings. The van der Waals surface area contributed by atoms with Crippen LogP contribution in [0.15, 0.2) is 64.3 Å². The van der Waals surface area contributed by atoms with Gasteiger partial charge in [0.1, 0.15) is 5.92 Å². The Hall–Kier alpha value is -3.19. The van der Waals surface area contributed by atoms with Crippen molar-refractivity contribution in [1.29, 1.82) is 0 Å². The number of thiophene rings is 1. The minimum atomic E-state index is -0.966. The zero-order valence-corrected chi connectivity index (χ0v) is 22.1. The summed E-state index contributed by atoms with van der Waals surface area (Å²) < 4.78 is 10.9. The smallest absolute Gasteiger partial charge is 0.336 e. The number of allylic oxidation sites excluding steroid dienone is 3. The SMILES string of the molecule is CCCC1=C(C(=O)OCC)[C@H](c2ccccc2C)C2=C(C[C@@H](c3cccs3)[C@@H](C(=O)OCC)C2=O)N1. The van der Waals surface area contributed by atoms with Gasteiger partial charge in [-0.15, -0.1) is 11.3 Å². The van der Waals surface area contributed by atoms with Gasteiger partial charge in [0.05, 0.1) is 18.8 Å². The number of carbonyl (C=O) groups excluding carboxylic acids is 3. The fourth-order valence-electron chi connectivity index (χ4n) is 5.34. The zero-order valence-electron chi connectivity index (χ0n) is 21.3. The molecule has 4 rings (SSSR count). The van der Waals surface area contributed by atoms with Crippen LogP contribution in [0.5, 0.6) is 0 Å². The van der Waals surface area contributed by atoms with Crippen molar-refractivity contribution in [1.82, 2.24) is 5.32 Å². The zero-order chi connectivity index (χ0) is 25.8. The van der Waals surface area contributed by atoms with Gasteiger partial charge in [-0.25, -0.2) is 4.79 Å². The Morgan fingerprint density at radius 2 is 1.81 bits per heavy atom. The molecule has 1 aromatic heterocycles. The largest absolute Gasteiger partial charge is 0.465 e. The molecule has 0 bridgehead atoms. The topological polar surface area (TPSA) is 81.7 Å². The first-order valence-electron chi connectivity index (χ1n) is 12.6. The van der Waals surface area contributed by atoms with Crippen LogP contribution in [-0.2, 0) is 23.9 Å². The molecule has 36 heavy (non-hydrogen) atoms. The Morgan fingerprint density at radius 3 is 2.44 bits per heavy atom. The van der Waals surface area contributed by atoms with Crippen LogP contribution in [0, 0.1) is 12.8 Å². The number of esters is 2. The molecular formula is C29H33NO5S. The maximum atomic E-state index is 14.3. The third kappa shape index (κ3) is 4.76. The Bertz CT molecular complexity index is 1210. The molecule has 0 spiro atoms. The summed E-state index contributed by atoms with van der Waals surface area (Å²) in [5.41, 5.74) is 4.33. The van der Waals surface area contributed by atoms with Crippen molar-refractivity contribution in [3.63, 3.8) is 0 Å². The van der Waals surface area contributed by atoms with Crippen LogP contribution in [0.25, 0.3) is 0 Å². The van der Waals surface area contributed by atoms with E-state index < -0.39 is 23.8 Å². The molecule has 0 fully saturated rings. The molecule has 2 aliphatic rings. The van der Waals surface area contributed by atoms with Crippen molar-refractivity contribution < 1.29 is 23.9 Å². The molecule has 7 heteroatoms. The standard InChI is InChI=1S/C29H33NO5S/c1-5-11-20-26(29(33)35-7-3)23(18-13-9-8-12-17(18)4)25-21(30-20)16-19(22-14-10-15-36-22)24(27(25)31)28(32)34-6-2/h8-10,12-15,19,23-24,30H,5-7,11,16H2,1-4H3/t19-,23+,24+/m0/s1. The van der Waals surface area contributed by atoms with E-state index in [0.29, 0.717) is 24.0 Å². The molecule has 6 nitrogen and oxygen atoms in total. The third-order valence-corrected chi connectivity index (χ3v) is 7.85. The van der Waals surface area contributed by atoms with Gasteiger partial charge in [-0.2, -0.15) is 0 Å². The van der Waals surface area contributed by atoms with Gasteiger partial charge in [0.25, 0.3) is 0 Å². The summed E-state index contributed by atoms with van der Waals surface area (Å²) in [7, 11) is 0. The molecule has 3 atom stereocenters. The summed E-state index contributed by atoms with van der Waals surface area (Å²) >= 11 is 1.54. The second-order valence-electron chi connectivity index (χ2n) is 9.09. The average molecular weight is 508 g/mol. The van der Waals surface area contributed by atoms with Crippen molar-refractivity contribution in [3.8, 4) is 0 Å². The molecule has 1 aliphatic heterocycles. The Labute approximate surface area is 216 Å². The lowest BCUT2D eigenvalue weighted by Gasteiger charge is -2.40. The lowest BCUT2D eigenvalue weighted by Crippen LogP contribution is -2.43. The number of nitrogens with one attached hydrogen (secondary N) is 1. The Balaban J connectivity index is 1.94. The fraction of sp³-hybridized carbons (Fsp3) is 0.414. The molecule has 0 unspecified atom stereocenters. The van der Waals surface area contributed by atoms with E-state index in [-0.39, 0.29) is 24.9 Å². The Kier molecular flexibility index (Phi) is 8.09. The van der Waals surface area contributed by atoms with Crippen LogP contribution in [-0.4, -0.2) is 30.9 Å². The molecule has 1 aliphatic carbocycles. The second-order valence-corrected chi connectivity index (χ2v) is 10.1. The van der Waals surface area contributed by atoms with E-state index in [2.05, 4.69) is 12.2 Å². The maximum absolute atomic E-state index is 14.3. The Morgan fingerprint density at radius 1 is 1.06 bits per heavy atom. The van der Waals surface area contributed by atoms with E-state index in [1.807, 2.05) is 48.7 Å². The molecule has 0 radical (unpaired) electrons. The number of ketones is 1. The molecule has 0 saturated carbocycles. The number of carbonyl (C=O) groups is 3. The number of ether oxygens (including phenoxy) is 2. The summed E-state index contributed by atoms with van der Waals surface area (Å²) in [4.78, 5) is 41.9. The highest BCUT2D eigenvalue weighted by atomic mass is 32.1. The van der Waals surface area contributed by atoms with E-state index in [4.69, 9.17) is 9.47 Å². The van der Waals surface area contributed by atoms with Crippen molar-refractivity contribution in [3.05, 3.63) is 80.3 Å². The van der Waals surface area contributed by atoms with Crippen LogP contribution >= 0.6 is 11.3 Å². The number of hydrogen-bond donors (Lipinski definition) is 1. The minimum Gasteiger partial charge on any atom is -0.465 e. The van der Waals surface area contributed by atoms with E-state index >= 15 is 0 Å². The summed E-state index contributed by atoms with van der Waals surface area (Å²) in [6.07, 6.45) is 1.95. The van der Waals surface area contributed by atoms with Crippen molar-refractivity contribution in [2.45, 2.75) is 58.8 Å². The van der Waals surface area contributed by atoms with Crippen molar-refractivity contribution >= 4 is 29.1 Å². The van der Waals surface area contributed by atoms with Gasteiger partial charge in [0.15, 0.2) is 5.78 Å². The van der Waals surface area contributed by atoms with E-state index in [1.54, 1.807) is 13.8 Å². The predicted octanol–water partition coefficient (Wildman–Crippen LogP) is 5.55. The third-order valence-electron chi connectivity index (χ3n) is 6.85. The van der Waals surface area contributed by atoms with Crippen LogP contribution in [0.4, 0.5) is 0 Å². The van der Waals surface area contributed by atoms with Crippen molar-refractivity contribution in [2.24, 2.45) is 5.92 Å². The predicted molar refractivity (Wildman–Crippen MR) is 139 cm³/mol. The fourth-order valence-corrected chi connectivity index (χ4v) is 6.20. The summed E-state index contributed by atoms with van der Waals surface area (Å²) in [6, 6.07) is 11.7. The van der Waals surface area contributed by atoms with Gasteiger partial charge in [0.2, 0.25) is 0 Å². The lowest BCUT2D eigenvalue weighted by molar-refractivity contribution is -0.152. The average Bonchev–Trinajstić information content (AvgIpc) is 3.39. The highest BCUT2D eigenvalue weighted by molar-refractivity contribution is 7.10. The molecule has 1 aromatic carbocycles. The number of rotatable bonds is 8. The number of Topliss-reactive ketones (excluding diaryl/α,β-unsaturated/α-hetero) is 1. The van der Waals surface area contributed by atoms with Crippen LogP contribution in [0.3, 0.4) is 0 Å². The highest BCUT2D eigenvalue weighted by Gasteiger charge is 2.49. The summed E-state index contributed by atoms with van der Waals surface area (Å²) in [5, 5.41) is 5.42. The molecule has 2 heterocycles. The first-order chi connectivity index (χ1) is 17.4. The molecular weight excluding hydrogens is 474 g/mol. The van der Waals surface area contributed by atoms with E-state index in [9.17, 15) is 14.4 Å². The van der Waals surface area contributed by atoms with Gasteiger partial charge in [-0.1, -0.05) is 43.7 Å². The summed E-state index contributed by atoms with van der Waals surface area (Å²) in [6.45, 7) is 7.97. The number of aryl methyl sites for hydroxylation is 1. The quantitative estimate of drug-likeness (QED) is 0.373. The lowest BCUT2D eigenvalue weighted by atomic mass is 9.67. The monoisotopic (exact) mass is 507 g/mol. The molecule has 0 amide bonds. The normalized spacial score (nSPS) is 21.7. The number of hydrogen-bond acceptors (Lipinski definition) is 7. The van der Waals surface area contributed by atoms with Crippen LogP contribution in [0.1, 0.15) is 67.9 Å². The van der Waals surface area contributed by atoms with Crippen LogP contribution < -0.4 is 5.32 Å². The van der Waals surface area contributed by atoms with E-state index in [0.717, 1.165) is 33.8 Å². The molecule has 190 valence electrons.